The Morgan fingerprint density at radius 1 is 1.32 bits per heavy atom. The third-order valence-electron chi connectivity index (χ3n) is 2.98. The topological polar surface area (TPSA) is 56.5 Å². The van der Waals surface area contributed by atoms with Gasteiger partial charge in [0.1, 0.15) is 5.75 Å². The maximum Gasteiger partial charge on any atom is 0.144 e. The van der Waals surface area contributed by atoms with E-state index in [4.69, 9.17) is 15.2 Å². The van der Waals surface area contributed by atoms with Crippen molar-refractivity contribution >= 4 is 11.4 Å². The lowest BCUT2D eigenvalue weighted by Crippen LogP contribution is -2.30. The molecule has 0 aromatic heterocycles. The van der Waals surface area contributed by atoms with Gasteiger partial charge in [0.2, 0.25) is 0 Å². The molecule has 0 fully saturated rings. The minimum atomic E-state index is 0.271. The summed E-state index contributed by atoms with van der Waals surface area (Å²) in [4.78, 5) is 0. The number of hydrogen-bond donors (Lipinski definition) is 2. The average Bonchev–Trinajstić information content (AvgIpc) is 2.38. The van der Waals surface area contributed by atoms with Crippen LogP contribution in [-0.4, -0.2) is 26.4 Å². The van der Waals surface area contributed by atoms with Crippen LogP contribution < -0.4 is 15.8 Å². The number of rotatable bonds is 8. The van der Waals surface area contributed by atoms with Crippen molar-refractivity contribution in [3.8, 4) is 5.75 Å². The molecule has 0 amide bonds. The van der Waals surface area contributed by atoms with Crippen LogP contribution in [0, 0.1) is 5.92 Å². The summed E-state index contributed by atoms with van der Waals surface area (Å²) in [5.74, 6) is 1.23. The van der Waals surface area contributed by atoms with E-state index in [0.29, 0.717) is 24.8 Å². The molecule has 1 unspecified atom stereocenters. The van der Waals surface area contributed by atoms with Crippen LogP contribution in [0.5, 0.6) is 5.75 Å². The third-order valence-corrected chi connectivity index (χ3v) is 2.98. The lowest BCUT2D eigenvalue weighted by Gasteiger charge is -2.23. The van der Waals surface area contributed by atoms with Gasteiger partial charge < -0.3 is 20.5 Å². The number of benzene rings is 1. The number of hydrogen-bond acceptors (Lipinski definition) is 4. The highest BCUT2D eigenvalue weighted by molar-refractivity contribution is 5.61. The fourth-order valence-corrected chi connectivity index (χ4v) is 1.76. The summed E-state index contributed by atoms with van der Waals surface area (Å²) in [7, 11) is 1.72. The molecule has 0 aliphatic heterocycles. The van der Waals surface area contributed by atoms with Gasteiger partial charge in [0.25, 0.3) is 0 Å². The second-order valence-electron chi connectivity index (χ2n) is 5.05. The Bertz CT molecular complexity index is 380. The van der Waals surface area contributed by atoms with Crippen molar-refractivity contribution in [2.45, 2.75) is 33.2 Å². The van der Waals surface area contributed by atoms with Gasteiger partial charge in [-0.3, -0.25) is 0 Å². The molecule has 0 aliphatic carbocycles. The fourth-order valence-electron chi connectivity index (χ4n) is 1.76. The molecular formula is C15H26N2O2. The lowest BCUT2D eigenvalue weighted by atomic mass is 10.0. The van der Waals surface area contributed by atoms with Crippen LogP contribution in [0.15, 0.2) is 18.2 Å². The molecule has 108 valence electrons. The largest absolute Gasteiger partial charge is 0.491 e. The normalized spacial score (nSPS) is 12.5. The van der Waals surface area contributed by atoms with Crippen molar-refractivity contribution in [3.63, 3.8) is 0 Å². The SMILES string of the molecule is CCCOc1cc(NC(COC)C(C)C)ccc1N. The Morgan fingerprint density at radius 3 is 2.63 bits per heavy atom. The second-order valence-corrected chi connectivity index (χ2v) is 5.05. The summed E-state index contributed by atoms with van der Waals surface area (Å²) >= 11 is 0. The molecule has 0 aliphatic rings. The molecule has 0 radical (unpaired) electrons. The quantitative estimate of drug-likeness (QED) is 0.710. The Hall–Kier alpha value is -1.42. The third kappa shape index (κ3) is 4.99. The van der Waals surface area contributed by atoms with E-state index in [0.717, 1.165) is 17.9 Å². The fraction of sp³-hybridized carbons (Fsp3) is 0.600. The monoisotopic (exact) mass is 266 g/mol. The maximum atomic E-state index is 5.90. The van der Waals surface area contributed by atoms with Crippen LogP contribution in [0.25, 0.3) is 0 Å². The Labute approximate surface area is 116 Å². The van der Waals surface area contributed by atoms with Gasteiger partial charge in [-0.1, -0.05) is 20.8 Å². The number of ether oxygens (including phenoxy) is 2. The van der Waals surface area contributed by atoms with E-state index in [1.54, 1.807) is 7.11 Å². The van der Waals surface area contributed by atoms with Crippen LogP contribution in [0.4, 0.5) is 11.4 Å². The summed E-state index contributed by atoms with van der Waals surface area (Å²) in [6.45, 7) is 7.77. The van der Waals surface area contributed by atoms with Crippen LogP contribution in [0.1, 0.15) is 27.2 Å². The van der Waals surface area contributed by atoms with Crippen LogP contribution >= 0.6 is 0 Å². The molecule has 0 saturated carbocycles. The number of nitrogen functional groups attached to an aromatic ring is 1. The molecule has 1 rings (SSSR count). The predicted molar refractivity (Wildman–Crippen MR) is 80.8 cm³/mol. The zero-order chi connectivity index (χ0) is 14.3. The molecular weight excluding hydrogens is 240 g/mol. The van der Waals surface area contributed by atoms with Gasteiger partial charge in [-0.15, -0.1) is 0 Å². The second kappa shape index (κ2) is 7.89. The van der Waals surface area contributed by atoms with Crippen LogP contribution in [0.2, 0.25) is 0 Å². The molecule has 4 nitrogen and oxygen atoms in total. The molecule has 0 heterocycles. The highest BCUT2D eigenvalue weighted by Gasteiger charge is 2.13. The van der Waals surface area contributed by atoms with Crippen molar-refractivity contribution in [2.75, 3.05) is 31.4 Å². The van der Waals surface area contributed by atoms with Crippen molar-refractivity contribution in [1.29, 1.82) is 0 Å². The zero-order valence-corrected chi connectivity index (χ0v) is 12.4. The zero-order valence-electron chi connectivity index (χ0n) is 12.4. The lowest BCUT2D eigenvalue weighted by molar-refractivity contribution is 0.171. The van der Waals surface area contributed by atoms with Gasteiger partial charge in [-0.2, -0.15) is 0 Å². The Kier molecular flexibility index (Phi) is 6.50. The smallest absolute Gasteiger partial charge is 0.144 e. The molecule has 4 heteroatoms. The summed E-state index contributed by atoms with van der Waals surface area (Å²) in [5.41, 5.74) is 7.59. The van der Waals surface area contributed by atoms with E-state index in [2.05, 4.69) is 26.1 Å². The van der Waals surface area contributed by atoms with Crippen LogP contribution in [0.3, 0.4) is 0 Å². The molecule has 1 aromatic carbocycles. The molecule has 3 N–H and O–H groups in total. The number of anilines is 2. The van der Waals surface area contributed by atoms with Gasteiger partial charge in [0.05, 0.1) is 24.9 Å². The average molecular weight is 266 g/mol. The van der Waals surface area contributed by atoms with Crippen molar-refractivity contribution < 1.29 is 9.47 Å². The predicted octanol–water partition coefficient (Wildman–Crippen LogP) is 3.14. The first-order valence-corrected chi connectivity index (χ1v) is 6.86. The molecule has 0 bridgehead atoms. The highest BCUT2D eigenvalue weighted by Crippen LogP contribution is 2.26. The minimum absolute atomic E-state index is 0.271. The first-order chi connectivity index (χ1) is 9.08. The number of nitrogens with two attached hydrogens (primary N) is 1. The van der Waals surface area contributed by atoms with Crippen molar-refractivity contribution in [2.24, 2.45) is 5.92 Å². The van der Waals surface area contributed by atoms with Crippen molar-refractivity contribution in [3.05, 3.63) is 18.2 Å². The van der Waals surface area contributed by atoms with E-state index >= 15 is 0 Å². The van der Waals surface area contributed by atoms with E-state index in [9.17, 15) is 0 Å². The molecule has 1 aromatic rings. The highest BCUT2D eigenvalue weighted by atomic mass is 16.5. The molecule has 0 saturated heterocycles. The molecule has 19 heavy (non-hydrogen) atoms. The maximum absolute atomic E-state index is 5.90. The molecule has 1 atom stereocenters. The van der Waals surface area contributed by atoms with Crippen molar-refractivity contribution in [1.82, 2.24) is 0 Å². The standard InChI is InChI=1S/C15H26N2O2/c1-5-8-19-15-9-12(6-7-13(15)16)17-14(10-18-4)11(2)3/h6-7,9,11,14,17H,5,8,10,16H2,1-4H3. The van der Waals surface area contributed by atoms with Gasteiger partial charge in [-0.05, 0) is 24.5 Å². The van der Waals surface area contributed by atoms with Gasteiger partial charge >= 0.3 is 0 Å². The Balaban J connectivity index is 2.76. The minimum Gasteiger partial charge on any atom is -0.491 e. The first-order valence-electron chi connectivity index (χ1n) is 6.86. The van der Waals surface area contributed by atoms with Gasteiger partial charge in [0, 0.05) is 18.9 Å². The van der Waals surface area contributed by atoms with Gasteiger partial charge in [0.15, 0.2) is 0 Å². The Morgan fingerprint density at radius 2 is 2.05 bits per heavy atom. The summed E-state index contributed by atoms with van der Waals surface area (Å²) in [6, 6.07) is 6.07. The number of methoxy groups -OCH3 is 1. The summed E-state index contributed by atoms with van der Waals surface area (Å²) < 4.78 is 10.9. The van der Waals surface area contributed by atoms with E-state index in [1.165, 1.54) is 0 Å². The summed E-state index contributed by atoms with van der Waals surface area (Å²) in [5, 5.41) is 3.46. The van der Waals surface area contributed by atoms with E-state index < -0.39 is 0 Å². The van der Waals surface area contributed by atoms with E-state index in [-0.39, 0.29) is 6.04 Å². The summed E-state index contributed by atoms with van der Waals surface area (Å²) in [6.07, 6.45) is 0.968. The first kappa shape index (κ1) is 15.6. The van der Waals surface area contributed by atoms with E-state index in [1.807, 2.05) is 18.2 Å². The van der Waals surface area contributed by atoms with Gasteiger partial charge in [-0.25, -0.2) is 0 Å². The number of nitrogens with one attached hydrogen (secondary N) is 1. The molecule has 0 spiro atoms. The van der Waals surface area contributed by atoms with Crippen LogP contribution in [-0.2, 0) is 4.74 Å².